The minimum Gasteiger partial charge on any atom is -0.354 e. The third kappa shape index (κ3) is 10.00. The molecule has 5 amide bonds. The zero-order valence-electron chi connectivity index (χ0n) is 28.4. The number of nitrogens with one attached hydrogen (secondary N) is 4. The average molecular weight is 658 g/mol. The second-order valence-corrected chi connectivity index (χ2v) is 12.9. The Kier molecular flexibility index (Phi) is 12.5. The van der Waals surface area contributed by atoms with Gasteiger partial charge in [-0.3, -0.25) is 28.7 Å². The summed E-state index contributed by atoms with van der Waals surface area (Å²) < 4.78 is 1.61. The molecule has 3 aromatic rings. The molecule has 256 valence electrons. The first-order chi connectivity index (χ1) is 22.9. The van der Waals surface area contributed by atoms with Crippen molar-refractivity contribution in [3.63, 3.8) is 0 Å². The highest BCUT2D eigenvalue weighted by molar-refractivity contribution is 5.99. The summed E-state index contributed by atoms with van der Waals surface area (Å²) in [5.74, 6) is -1.88. The van der Waals surface area contributed by atoms with Crippen LogP contribution in [0.5, 0.6) is 0 Å². The van der Waals surface area contributed by atoms with Crippen LogP contribution < -0.4 is 21.3 Å². The van der Waals surface area contributed by atoms with Crippen LogP contribution in [-0.4, -0.2) is 75.4 Å². The van der Waals surface area contributed by atoms with Crippen LogP contribution in [0, 0.1) is 12.8 Å². The summed E-state index contributed by atoms with van der Waals surface area (Å²) in [6.07, 6.45) is 3.48. The van der Waals surface area contributed by atoms with Crippen LogP contribution in [0.1, 0.15) is 77.6 Å². The van der Waals surface area contributed by atoms with Gasteiger partial charge in [0.05, 0.1) is 11.3 Å². The Bertz CT molecular complexity index is 1590. The molecule has 2 aromatic carbocycles. The van der Waals surface area contributed by atoms with Crippen LogP contribution in [-0.2, 0) is 34.4 Å². The number of hydrogen-bond acceptors (Lipinski definition) is 6. The lowest BCUT2D eigenvalue weighted by Gasteiger charge is -2.25. The zero-order valence-corrected chi connectivity index (χ0v) is 28.4. The number of benzene rings is 2. The molecule has 5 rings (SSSR count). The highest BCUT2D eigenvalue weighted by Crippen LogP contribution is 2.16. The van der Waals surface area contributed by atoms with Gasteiger partial charge >= 0.3 is 0 Å². The van der Waals surface area contributed by atoms with Crippen LogP contribution in [0.2, 0.25) is 0 Å². The molecule has 2 aliphatic rings. The molecule has 48 heavy (non-hydrogen) atoms. The molecule has 0 radical (unpaired) electrons. The number of fused-ring (bicyclic) bond motifs is 18. The van der Waals surface area contributed by atoms with E-state index in [4.69, 9.17) is 0 Å². The monoisotopic (exact) mass is 657 g/mol. The van der Waals surface area contributed by atoms with E-state index < -0.39 is 35.8 Å². The summed E-state index contributed by atoms with van der Waals surface area (Å²) in [4.78, 5) is 68.8. The Hall–Kier alpha value is -5.00. The summed E-state index contributed by atoms with van der Waals surface area (Å²) in [6.45, 7) is 8.37. The Labute approximate surface area is 282 Å². The van der Waals surface area contributed by atoms with Crippen LogP contribution in [0.4, 0.5) is 0 Å². The maximum atomic E-state index is 13.7. The Balaban J connectivity index is 1.63. The lowest BCUT2D eigenvalue weighted by molar-refractivity contribution is -0.132. The Morgan fingerprint density at radius 2 is 1.58 bits per heavy atom. The van der Waals surface area contributed by atoms with Gasteiger partial charge in [-0.1, -0.05) is 56.3 Å². The minimum atomic E-state index is -0.979. The average Bonchev–Trinajstić information content (AvgIpc) is 3.40. The molecule has 2 aliphatic heterocycles. The van der Waals surface area contributed by atoms with E-state index in [1.807, 2.05) is 44.2 Å². The number of hydrogen-bond donors (Lipinski definition) is 4. The fraction of sp³-hybridized carbons (Fsp3) is 0.444. The maximum absolute atomic E-state index is 13.7. The number of aromatic nitrogens is 2. The summed E-state index contributed by atoms with van der Waals surface area (Å²) in [7, 11) is 1.77. The van der Waals surface area contributed by atoms with Crippen LogP contribution in [0.25, 0.3) is 0 Å². The number of amides is 5. The largest absolute Gasteiger partial charge is 0.354 e. The predicted molar refractivity (Wildman–Crippen MR) is 182 cm³/mol. The van der Waals surface area contributed by atoms with E-state index in [1.165, 1.54) is 0 Å². The standard InChI is InChI=1S/C36H47N7O5/c1-23(2)19-30-34(46)38-25(4)32(44)37-17-9-10-18-43(36(48)29-22-42(5)41-24(29)3)21-27-13-15-28(16-14-27)33(45)39-31(35(47)40-30)20-26-11-7-6-8-12-26/h6-8,11-16,22-23,25,30-31H,9-10,17-21H2,1-5H3,(H,37,44)(H,38,46)(H,39,45)(H,40,47)/t25-,30+,31-/m1/s1. The van der Waals surface area contributed by atoms with E-state index in [-0.39, 0.29) is 24.2 Å². The molecular weight excluding hydrogens is 610 g/mol. The third-order valence-electron chi connectivity index (χ3n) is 8.27. The quantitative estimate of drug-likeness (QED) is 0.310. The van der Waals surface area contributed by atoms with E-state index in [0.717, 1.165) is 11.1 Å². The maximum Gasteiger partial charge on any atom is 0.257 e. The third-order valence-corrected chi connectivity index (χ3v) is 8.27. The van der Waals surface area contributed by atoms with Gasteiger partial charge in [0.1, 0.15) is 18.1 Å². The van der Waals surface area contributed by atoms with Gasteiger partial charge in [0, 0.05) is 44.9 Å². The topological polar surface area (TPSA) is 155 Å². The second kappa shape index (κ2) is 16.7. The summed E-state index contributed by atoms with van der Waals surface area (Å²) >= 11 is 0. The number of aryl methyl sites for hydroxylation is 2. The first-order valence-electron chi connectivity index (χ1n) is 16.5. The second-order valence-electron chi connectivity index (χ2n) is 12.9. The summed E-state index contributed by atoms with van der Waals surface area (Å²) in [6, 6.07) is 13.5. The molecule has 3 atom stereocenters. The Morgan fingerprint density at radius 3 is 2.23 bits per heavy atom. The van der Waals surface area contributed by atoms with E-state index >= 15 is 0 Å². The smallest absolute Gasteiger partial charge is 0.257 e. The van der Waals surface area contributed by atoms with Crippen molar-refractivity contribution in [2.75, 3.05) is 13.1 Å². The first kappa shape index (κ1) is 35.8. The van der Waals surface area contributed by atoms with Crippen LogP contribution in [0.15, 0.2) is 60.8 Å². The molecule has 0 unspecified atom stereocenters. The summed E-state index contributed by atoms with van der Waals surface area (Å²) in [5.41, 5.74) is 3.16. The highest BCUT2D eigenvalue weighted by Gasteiger charge is 2.30. The van der Waals surface area contributed by atoms with E-state index in [1.54, 1.807) is 60.9 Å². The van der Waals surface area contributed by atoms with Gasteiger partial charge in [0.2, 0.25) is 17.7 Å². The number of carbonyl (C=O) groups excluding carboxylic acids is 5. The van der Waals surface area contributed by atoms with Crippen molar-refractivity contribution in [3.05, 3.63) is 88.7 Å². The SMILES string of the molecule is Cc1nn(C)cc1C(=O)N1CCCCNC(=O)[C@@H](C)NC(=O)[C@H](CC(C)C)NC(=O)[C@@H](Cc2ccccc2)NC(=O)c2ccc(cc2)C1. The molecule has 12 nitrogen and oxygen atoms in total. The van der Waals surface area contributed by atoms with Crippen molar-refractivity contribution >= 4 is 29.5 Å². The van der Waals surface area contributed by atoms with Crippen molar-refractivity contribution in [2.45, 2.75) is 78.0 Å². The van der Waals surface area contributed by atoms with E-state index in [0.29, 0.717) is 55.7 Å². The lowest BCUT2D eigenvalue weighted by atomic mass is 10.0. The Morgan fingerprint density at radius 1 is 0.896 bits per heavy atom. The van der Waals surface area contributed by atoms with Crippen molar-refractivity contribution in [1.29, 1.82) is 0 Å². The van der Waals surface area contributed by atoms with Gasteiger partial charge < -0.3 is 26.2 Å². The van der Waals surface area contributed by atoms with Gasteiger partial charge in [0.15, 0.2) is 0 Å². The fourth-order valence-electron chi connectivity index (χ4n) is 5.66. The molecule has 1 aromatic heterocycles. The fourth-order valence-corrected chi connectivity index (χ4v) is 5.66. The van der Waals surface area contributed by atoms with E-state index in [9.17, 15) is 24.0 Å². The molecule has 2 bridgehead atoms. The summed E-state index contributed by atoms with van der Waals surface area (Å²) in [5, 5.41) is 15.6. The lowest BCUT2D eigenvalue weighted by Crippen LogP contribution is -2.57. The van der Waals surface area contributed by atoms with Gasteiger partial charge in [-0.25, -0.2) is 0 Å². The van der Waals surface area contributed by atoms with Crippen LogP contribution in [0.3, 0.4) is 0 Å². The van der Waals surface area contributed by atoms with Crippen LogP contribution >= 0.6 is 0 Å². The van der Waals surface area contributed by atoms with E-state index in [2.05, 4.69) is 26.4 Å². The van der Waals surface area contributed by atoms with Crippen molar-refractivity contribution in [3.8, 4) is 0 Å². The van der Waals surface area contributed by atoms with Crippen molar-refractivity contribution in [1.82, 2.24) is 35.9 Å². The van der Waals surface area contributed by atoms with Crippen molar-refractivity contribution < 1.29 is 24.0 Å². The molecule has 12 heteroatoms. The molecular formula is C36H47N7O5. The zero-order chi connectivity index (χ0) is 34.8. The molecule has 3 heterocycles. The molecule has 0 saturated heterocycles. The van der Waals surface area contributed by atoms with Crippen molar-refractivity contribution in [2.24, 2.45) is 13.0 Å². The number of carbonyl (C=O) groups is 5. The molecule has 0 spiro atoms. The number of rotatable bonds is 5. The molecule has 0 fully saturated rings. The molecule has 4 N–H and O–H groups in total. The normalized spacial score (nSPS) is 20.4. The molecule has 0 aliphatic carbocycles. The predicted octanol–water partition coefficient (Wildman–Crippen LogP) is 2.66. The molecule has 0 saturated carbocycles. The van der Waals surface area contributed by atoms with Gasteiger partial charge in [0.25, 0.3) is 11.8 Å². The van der Waals surface area contributed by atoms with Gasteiger partial charge in [-0.05, 0) is 62.3 Å². The van der Waals surface area contributed by atoms with Gasteiger partial charge in [-0.15, -0.1) is 0 Å². The highest BCUT2D eigenvalue weighted by atomic mass is 16.2. The minimum absolute atomic E-state index is 0.0638. The number of nitrogens with zero attached hydrogens (tertiary/aromatic N) is 3. The first-order valence-corrected chi connectivity index (χ1v) is 16.5. The van der Waals surface area contributed by atoms with Gasteiger partial charge in [-0.2, -0.15) is 5.10 Å².